The van der Waals surface area contributed by atoms with Crippen LogP contribution < -0.4 is 5.32 Å². The van der Waals surface area contributed by atoms with Gasteiger partial charge in [-0.1, -0.05) is 19.1 Å². The molecule has 3 nitrogen and oxygen atoms in total. The molecule has 2 aliphatic rings. The average molecular weight is 341 g/mol. The Morgan fingerprint density at radius 3 is 2.64 bits per heavy atom. The minimum absolute atomic E-state index is 0.0948. The fourth-order valence-electron chi connectivity index (χ4n) is 3.11. The Morgan fingerprint density at radius 1 is 1.36 bits per heavy atom. The molecule has 5 heteroatoms. The Kier molecular flexibility index (Phi) is 4.67. The molecule has 1 aromatic carbocycles. The number of nitrogens with one attached hydrogen (secondary N) is 1. The van der Waals surface area contributed by atoms with E-state index in [9.17, 15) is 4.79 Å². The second kappa shape index (κ2) is 6.38. The molecule has 1 saturated heterocycles. The number of rotatable bonds is 4. The van der Waals surface area contributed by atoms with E-state index in [4.69, 9.17) is 23.2 Å². The molecule has 2 fully saturated rings. The molecular formula is C17H22Cl2N2O. The van der Waals surface area contributed by atoms with Crippen LogP contribution in [-0.2, 0) is 11.3 Å². The van der Waals surface area contributed by atoms with Crippen molar-refractivity contribution in [3.05, 3.63) is 29.8 Å². The summed E-state index contributed by atoms with van der Waals surface area (Å²) in [6.07, 6.45) is 3.16. The Morgan fingerprint density at radius 2 is 2.05 bits per heavy atom. The second-order valence-corrected chi connectivity index (χ2v) is 8.23. The fraction of sp³-hybridized carbons (Fsp3) is 0.588. The summed E-state index contributed by atoms with van der Waals surface area (Å²) in [5.74, 6) is 0.408. The van der Waals surface area contributed by atoms with Crippen LogP contribution in [0.4, 0.5) is 5.69 Å². The van der Waals surface area contributed by atoms with Crippen molar-refractivity contribution < 1.29 is 4.79 Å². The van der Waals surface area contributed by atoms with Gasteiger partial charge in [0.2, 0.25) is 5.91 Å². The summed E-state index contributed by atoms with van der Waals surface area (Å²) in [7, 11) is 0. The van der Waals surface area contributed by atoms with Gasteiger partial charge in [0.1, 0.15) is 4.33 Å². The lowest BCUT2D eigenvalue weighted by atomic mass is 10.00. The van der Waals surface area contributed by atoms with Crippen molar-refractivity contribution in [2.75, 3.05) is 18.4 Å². The van der Waals surface area contributed by atoms with Crippen LogP contribution in [0.15, 0.2) is 24.3 Å². The maximum absolute atomic E-state index is 11.9. The molecule has 0 bridgehead atoms. The highest BCUT2D eigenvalue weighted by Crippen LogP contribution is 2.53. The summed E-state index contributed by atoms with van der Waals surface area (Å²) in [5.41, 5.74) is 2.08. The van der Waals surface area contributed by atoms with Gasteiger partial charge in [-0.25, -0.2) is 0 Å². The van der Waals surface area contributed by atoms with Gasteiger partial charge in [0.25, 0.3) is 0 Å². The number of likely N-dealkylation sites (tertiary alicyclic amines) is 1. The van der Waals surface area contributed by atoms with Crippen molar-refractivity contribution >= 4 is 34.8 Å². The largest absolute Gasteiger partial charge is 0.326 e. The highest BCUT2D eigenvalue weighted by molar-refractivity contribution is 6.52. The molecule has 1 aliphatic heterocycles. The van der Waals surface area contributed by atoms with Crippen LogP contribution >= 0.6 is 23.2 Å². The van der Waals surface area contributed by atoms with Crippen LogP contribution in [0.1, 0.15) is 31.7 Å². The van der Waals surface area contributed by atoms with Crippen molar-refractivity contribution in [1.29, 1.82) is 0 Å². The zero-order valence-electron chi connectivity index (χ0n) is 12.8. The molecule has 2 unspecified atom stereocenters. The van der Waals surface area contributed by atoms with E-state index in [1.54, 1.807) is 0 Å². The quantitative estimate of drug-likeness (QED) is 0.838. The smallest absolute Gasteiger partial charge is 0.230 e. The molecule has 1 aliphatic carbocycles. The summed E-state index contributed by atoms with van der Waals surface area (Å²) in [4.78, 5) is 14.4. The van der Waals surface area contributed by atoms with Crippen molar-refractivity contribution in [3.63, 3.8) is 0 Å². The highest BCUT2D eigenvalue weighted by Gasteiger charge is 2.56. The Balaban J connectivity index is 1.53. The predicted octanol–water partition coefficient (Wildman–Crippen LogP) is 4.05. The number of carbonyl (C=O) groups excluding carboxylic acids is 1. The topological polar surface area (TPSA) is 32.3 Å². The first-order chi connectivity index (χ1) is 10.4. The number of benzene rings is 1. The van der Waals surface area contributed by atoms with Crippen molar-refractivity contribution in [2.45, 2.75) is 37.1 Å². The van der Waals surface area contributed by atoms with Crippen LogP contribution in [0.25, 0.3) is 0 Å². The van der Waals surface area contributed by atoms with Gasteiger partial charge in [0, 0.05) is 18.8 Å². The molecule has 1 amide bonds. The van der Waals surface area contributed by atoms with Crippen molar-refractivity contribution in [3.8, 4) is 0 Å². The lowest BCUT2D eigenvalue weighted by Crippen LogP contribution is -2.33. The highest BCUT2D eigenvalue weighted by atomic mass is 35.5. The minimum Gasteiger partial charge on any atom is -0.326 e. The molecule has 1 heterocycles. The number of nitrogens with zero attached hydrogens (tertiary/aromatic N) is 1. The van der Waals surface area contributed by atoms with Gasteiger partial charge in [0.15, 0.2) is 0 Å². The number of piperidine rings is 1. The first-order valence-corrected chi connectivity index (χ1v) is 8.69. The number of anilines is 1. The third-order valence-corrected chi connectivity index (χ3v) is 5.35. The normalized spacial score (nSPS) is 27.4. The van der Waals surface area contributed by atoms with Gasteiger partial charge in [-0.3, -0.25) is 9.69 Å². The summed E-state index contributed by atoms with van der Waals surface area (Å²) in [5, 5.41) is 2.88. The summed E-state index contributed by atoms with van der Waals surface area (Å²) < 4.78 is -0.866. The van der Waals surface area contributed by atoms with Crippen LogP contribution in [-0.4, -0.2) is 28.2 Å². The van der Waals surface area contributed by atoms with Crippen LogP contribution in [0.5, 0.6) is 0 Å². The maximum atomic E-state index is 11.9. The van der Waals surface area contributed by atoms with Crippen molar-refractivity contribution in [1.82, 2.24) is 4.90 Å². The monoisotopic (exact) mass is 340 g/mol. The molecule has 2 atom stereocenters. The number of amides is 1. The third kappa shape index (κ3) is 3.95. The van der Waals surface area contributed by atoms with Crippen LogP contribution in [0.2, 0.25) is 0 Å². The molecule has 120 valence electrons. The van der Waals surface area contributed by atoms with Crippen LogP contribution in [0.3, 0.4) is 0 Å². The van der Waals surface area contributed by atoms with E-state index < -0.39 is 4.33 Å². The standard InChI is InChI=1S/C17H22Cl2N2O/c1-12-3-2-8-21(10-12)11-13-4-6-14(7-5-13)20-16(22)15-9-17(15,18)19/h4-7,12,15H,2-3,8-11H2,1H3,(H,20,22). The SMILES string of the molecule is CC1CCCN(Cc2ccc(NC(=O)C3CC3(Cl)Cl)cc2)C1. The molecule has 0 aromatic heterocycles. The van der Waals surface area contributed by atoms with Gasteiger partial charge in [-0.05, 0) is 49.4 Å². The zero-order chi connectivity index (χ0) is 15.7. The van der Waals surface area contributed by atoms with Gasteiger partial charge >= 0.3 is 0 Å². The molecule has 22 heavy (non-hydrogen) atoms. The minimum atomic E-state index is -0.866. The van der Waals surface area contributed by atoms with E-state index in [1.807, 2.05) is 12.1 Å². The number of hydrogen-bond acceptors (Lipinski definition) is 2. The Labute approximate surface area is 142 Å². The molecule has 0 spiro atoms. The molecule has 0 radical (unpaired) electrons. The number of alkyl halides is 2. The molecule has 1 saturated carbocycles. The average Bonchev–Trinajstić information content (AvgIpc) is 3.10. The molecular weight excluding hydrogens is 319 g/mol. The first kappa shape index (κ1) is 16.1. The molecule has 3 rings (SSSR count). The molecule has 1 aromatic rings. The maximum Gasteiger partial charge on any atom is 0.230 e. The summed E-state index contributed by atoms with van der Waals surface area (Å²) in [6, 6.07) is 8.06. The lowest BCUT2D eigenvalue weighted by molar-refractivity contribution is -0.117. The number of halogens is 2. The van der Waals surface area contributed by atoms with Gasteiger partial charge in [0.05, 0.1) is 5.92 Å². The Bertz CT molecular complexity index is 544. The molecule has 1 N–H and O–H groups in total. The van der Waals surface area contributed by atoms with E-state index >= 15 is 0 Å². The second-order valence-electron chi connectivity index (χ2n) is 6.69. The van der Waals surface area contributed by atoms with E-state index in [0.717, 1.165) is 18.2 Å². The fourth-order valence-corrected chi connectivity index (χ4v) is 3.62. The van der Waals surface area contributed by atoms with Gasteiger partial charge in [-0.2, -0.15) is 0 Å². The first-order valence-electron chi connectivity index (χ1n) is 7.94. The van der Waals surface area contributed by atoms with E-state index in [0.29, 0.717) is 6.42 Å². The lowest BCUT2D eigenvalue weighted by Gasteiger charge is -2.30. The van der Waals surface area contributed by atoms with E-state index in [2.05, 4.69) is 29.3 Å². The zero-order valence-corrected chi connectivity index (χ0v) is 14.3. The Hall–Kier alpha value is -0.770. The van der Waals surface area contributed by atoms with Crippen LogP contribution in [0, 0.1) is 11.8 Å². The summed E-state index contributed by atoms with van der Waals surface area (Å²) >= 11 is 11.8. The van der Waals surface area contributed by atoms with E-state index in [1.165, 1.54) is 31.5 Å². The third-order valence-electron chi connectivity index (χ3n) is 4.51. The summed E-state index contributed by atoms with van der Waals surface area (Å²) in [6.45, 7) is 5.65. The predicted molar refractivity (Wildman–Crippen MR) is 91.3 cm³/mol. The van der Waals surface area contributed by atoms with Gasteiger partial charge in [-0.15, -0.1) is 23.2 Å². The number of carbonyl (C=O) groups is 1. The van der Waals surface area contributed by atoms with Gasteiger partial charge < -0.3 is 5.32 Å². The van der Waals surface area contributed by atoms with Crippen molar-refractivity contribution in [2.24, 2.45) is 11.8 Å². The van der Waals surface area contributed by atoms with E-state index in [-0.39, 0.29) is 11.8 Å². The number of hydrogen-bond donors (Lipinski definition) is 1.